The molecule has 0 aromatic rings. The van der Waals surface area contributed by atoms with Crippen LogP contribution in [0.25, 0.3) is 0 Å². The lowest BCUT2D eigenvalue weighted by Crippen LogP contribution is -2.15. The predicted molar refractivity (Wildman–Crippen MR) is 61.0 cm³/mol. The first-order valence-corrected chi connectivity index (χ1v) is 5.36. The zero-order chi connectivity index (χ0) is 10.3. The lowest BCUT2D eigenvalue weighted by Gasteiger charge is -2.19. The van der Waals surface area contributed by atoms with Gasteiger partial charge in [0, 0.05) is 0 Å². The zero-order valence-electron chi connectivity index (χ0n) is 9.91. The van der Waals surface area contributed by atoms with Gasteiger partial charge in [0.15, 0.2) is 0 Å². The molecule has 0 heterocycles. The largest absolute Gasteiger partial charge is 0.316 e. The number of nitrogens with one attached hydrogen (secondary N) is 1. The van der Waals surface area contributed by atoms with Gasteiger partial charge in [-0.05, 0) is 38.3 Å². The van der Waals surface area contributed by atoms with Gasteiger partial charge in [-0.15, -0.1) is 0 Å². The lowest BCUT2D eigenvalue weighted by molar-refractivity contribution is 0.500. The SMILES string of the molecule is CCCNCCC=C(C)C(C)(C)C. The van der Waals surface area contributed by atoms with E-state index >= 15 is 0 Å². The van der Waals surface area contributed by atoms with E-state index in [1.54, 1.807) is 0 Å². The van der Waals surface area contributed by atoms with Crippen LogP contribution < -0.4 is 5.32 Å². The Balaban J connectivity index is 3.60. The van der Waals surface area contributed by atoms with Crippen molar-refractivity contribution in [3.05, 3.63) is 11.6 Å². The Morgan fingerprint density at radius 3 is 2.31 bits per heavy atom. The molecule has 0 aliphatic rings. The summed E-state index contributed by atoms with van der Waals surface area (Å²) in [5.74, 6) is 0. The third-order valence-corrected chi connectivity index (χ3v) is 2.38. The van der Waals surface area contributed by atoms with Crippen LogP contribution in [-0.4, -0.2) is 13.1 Å². The van der Waals surface area contributed by atoms with E-state index in [2.05, 4.69) is 46.0 Å². The molecule has 0 radical (unpaired) electrons. The van der Waals surface area contributed by atoms with Gasteiger partial charge in [-0.25, -0.2) is 0 Å². The molecule has 13 heavy (non-hydrogen) atoms. The Bertz CT molecular complexity index is 151. The highest BCUT2D eigenvalue weighted by Gasteiger charge is 2.11. The molecule has 1 heteroatoms. The number of allylic oxidation sites excluding steroid dienone is 1. The molecule has 0 spiro atoms. The quantitative estimate of drug-likeness (QED) is 0.509. The first-order chi connectivity index (χ1) is 5.98. The Morgan fingerprint density at radius 2 is 1.85 bits per heavy atom. The summed E-state index contributed by atoms with van der Waals surface area (Å²) in [7, 11) is 0. The molecule has 78 valence electrons. The van der Waals surface area contributed by atoms with Crippen LogP contribution in [0.1, 0.15) is 47.5 Å². The molecule has 0 aliphatic heterocycles. The van der Waals surface area contributed by atoms with Crippen molar-refractivity contribution in [3.63, 3.8) is 0 Å². The van der Waals surface area contributed by atoms with Gasteiger partial charge in [-0.1, -0.05) is 39.3 Å². The van der Waals surface area contributed by atoms with Crippen LogP contribution in [0.4, 0.5) is 0 Å². The van der Waals surface area contributed by atoms with E-state index in [0.717, 1.165) is 19.5 Å². The highest BCUT2D eigenvalue weighted by Crippen LogP contribution is 2.24. The molecule has 0 aromatic carbocycles. The number of hydrogen-bond donors (Lipinski definition) is 1. The molecule has 0 saturated carbocycles. The van der Waals surface area contributed by atoms with Crippen molar-refractivity contribution < 1.29 is 0 Å². The summed E-state index contributed by atoms with van der Waals surface area (Å²) in [6.45, 7) is 13.5. The number of rotatable bonds is 5. The summed E-state index contributed by atoms with van der Waals surface area (Å²) in [4.78, 5) is 0. The third-order valence-electron chi connectivity index (χ3n) is 2.38. The lowest BCUT2D eigenvalue weighted by atomic mass is 9.87. The van der Waals surface area contributed by atoms with Crippen LogP contribution in [0.15, 0.2) is 11.6 Å². The zero-order valence-corrected chi connectivity index (χ0v) is 9.91. The fourth-order valence-corrected chi connectivity index (χ4v) is 0.999. The predicted octanol–water partition coefficient (Wildman–Crippen LogP) is 3.37. The maximum Gasteiger partial charge on any atom is -0.00142 e. The summed E-state index contributed by atoms with van der Waals surface area (Å²) >= 11 is 0. The second-order valence-corrected chi connectivity index (χ2v) is 4.68. The molecule has 0 atom stereocenters. The van der Waals surface area contributed by atoms with Crippen LogP contribution >= 0.6 is 0 Å². The molecule has 0 amide bonds. The smallest absolute Gasteiger partial charge is 0.00142 e. The molecule has 0 rings (SSSR count). The van der Waals surface area contributed by atoms with E-state index in [-0.39, 0.29) is 0 Å². The highest BCUT2D eigenvalue weighted by atomic mass is 14.8. The fourth-order valence-electron chi connectivity index (χ4n) is 0.999. The topological polar surface area (TPSA) is 12.0 Å². The standard InChI is InChI=1S/C12H25N/c1-6-9-13-10-7-8-11(2)12(3,4)5/h8,13H,6-7,9-10H2,1-5H3. The van der Waals surface area contributed by atoms with Gasteiger partial charge >= 0.3 is 0 Å². The summed E-state index contributed by atoms with van der Waals surface area (Å²) in [6.07, 6.45) is 4.73. The highest BCUT2D eigenvalue weighted by molar-refractivity contribution is 5.07. The fraction of sp³-hybridized carbons (Fsp3) is 0.833. The van der Waals surface area contributed by atoms with E-state index in [9.17, 15) is 0 Å². The first-order valence-electron chi connectivity index (χ1n) is 5.36. The van der Waals surface area contributed by atoms with Crippen molar-refractivity contribution >= 4 is 0 Å². The Kier molecular flexibility index (Phi) is 6.06. The second-order valence-electron chi connectivity index (χ2n) is 4.68. The van der Waals surface area contributed by atoms with Gasteiger partial charge in [-0.3, -0.25) is 0 Å². The maximum absolute atomic E-state index is 3.40. The van der Waals surface area contributed by atoms with Crippen LogP contribution in [-0.2, 0) is 0 Å². The van der Waals surface area contributed by atoms with Crippen molar-refractivity contribution in [2.45, 2.75) is 47.5 Å². The van der Waals surface area contributed by atoms with E-state index in [1.807, 2.05) is 0 Å². The normalized spacial score (nSPS) is 13.5. The molecule has 0 fully saturated rings. The molecule has 0 aromatic heterocycles. The molecule has 0 unspecified atom stereocenters. The van der Waals surface area contributed by atoms with E-state index in [1.165, 1.54) is 12.0 Å². The van der Waals surface area contributed by atoms with Gasteiger partial charge in [0.05, 0.1) is 0 Å². The van der Waals surface area contributed by atoms with Gasteiger partial charge in [0.2, 0.25) is 0 Å². The Hall–Kier alpha value is -0.300. The summed E-state index contributed by atoms with van der Waals surface area (Å²) in [6, 6.07) is 0. The maximum atomic E-state index is 3.40. The second kappa shape index (κ2) is 6.20. The average Bonchev–Trinajstić information content (AvgIpc) is 2.02. The molecule has 1 N–H and O–H groups in total. The average molecular weight is 183 g/mol. The molecular formula is C12H25N. The first kappa shape index (κ1) is 12.7. The third kappa shape index (κ3) is 6.83. The van der Waals surface area contributed by atoms with Gasteiger partial charge in [0.1, 0.15) is 0 Å². The minimum absolute atomic E-state index is 0.338. The summed E-state index contributed by atoms with van der Waals surface area (Å²) < 4.78 is 0. The van der Waals surface area contributed by atoms with Crippen molar-refractivity contribution in [3.8, 4) is 0 Å². The monoisotopic (exact) mass is 183 g/mol. The van der Waals surface area contributed by atoms with Gasteiger partial charge < -0.3 is 5.32 Å². The van der Waals surface area contributed by atoms with Crippen LogP contribution in [0.5, 0.6) is 0 Å². The van der Waals surface area contributed by atoms with Crippen molar-refractivity contribution in [2.75, 3.05) is 13.1 Å². The summed E-state index contributed by atoms with van der Waals surface area (Å²) in [5.41, 5.74) is 1.83. The van der Waals surface area contributed by atoms with Crippen molar-refractivity contribution in [2.24, 2.45) is 5.41 Å². The van der Waals surface area contributed by atoms with E-state index in [0.29, 0.717) is 5.41 Å². The molecule has 0 bridgehead atoms. The van der Waals surface area contributed by atoms with E-state index in [4.69, 9.17) is 0 Å². The molecular weight excluding hydrogens is 158 g/mol. The van der Waals surface area contributed by atoms with Crippen molar-refractivity contribution in [1.82, 2.24) is 5.32 Å². The van der Waals surface area contributed by atoms with E-state index < -0.39 is 0 Å². The van der Waals surface area contributed by atoms with Gasteiger partial charge in [0.25, 0.3) is 0 Å². The van der Waals surface area contributed by atoms with Crippen LogP contribution in [0.3, 0.4) is 0 Å². The number of hydrogen-bond acceptors (Lipinski definition) is 1. The van der Waals surface area contributed by atoms with Gasteiger partial charge in [-0.2, -0.15) is 0 Å². The van der Waals surface area contributed by atoms with Crippen molar-refractivity contribution in [1.29, 1.82) is 0 Å². The Labute approximate surface area is 83.6 Å². The minimum Gasteiger partial charge on any atom is -0.316 e. The Morgan fingerprint density at radius 1 is 1.23 bits per heavy atom. The summed E-state index contributed by atoms with van der Waals surface area (Å²) in [5, 5.41) is 3.40. The van der Waals surface area contributed by atoms with Crippen LogP contribution in [0.2, 0.25) is 0 Å². The molecule has 0 aliphatic carbocycles. The van der Waals surface area contributed by atoms with Crippen LogP contribution in [0, 0.1) is 5.41 Å². The minimum atomic E-state index is 0.338. The molecule has 0 saturated heterocycles. The molecule has 1 nitrogen and oxygen atoms in total.